The lowest BCUT2D eigenvalue weighted by atomic mass is 9.61. The maximum atomic E-state index is 12.6. The summed E-state index contributed by atoms with van der Waals surface area (Å²) in [4.78, 5) is 14.5. The van der Waals surface area contributed by atoms with Gasteiger partial charge in [-0.2, -0.15) is 0 Å². The van der Waals surface area contributed by atoms with Crippen molar-refractivity contribution in [1.29, 1.82) is 0 Å². The van der Waals surface area contributed by atoms with Crippen LogP contribution in [0.4, 0.5) is 0 Å². The molecule has 1 saturated heterocycles. The zero-order valence-electron chi connectivity index (χ0n) is 11.1. The summed E-state index contributed by atoms with van der Waals surface area (Å²) < 4.78 is 5.66. The van der Waals surface area contributed by atoms with Gasteiger partial charge < -0.3 is 15.4 Å². The first kappa shape index (κ1) is 12.8. The van der Waals surface area contributed by atoms with Crippen molar-refractivity contribution in [2.45, 2.75) is 45.8 Å². The van der Waals surface area contributed by atoms with Gasteiger partial charge in [-0.3, -0.25) is 4.79 Å². The SMILES string of the molecule is CC1CC(CN)(C(=O)N2C[C@@H](C)O[C@@H](C)C2)C1. The Balaban J connectivity index is 2.04. The number of rotatable bonds is 2. The van der Waals surface area contributed by atoms with Crippen molar-refractivity contribution in [3.8, 4) is 0 Å². The Morgan fingerprint density at radius 1 is 1.29 bits per heavy atom. The van der Waals surface area contributed by atoms with Gasteiger partial charge in [0.1, 0.15) is 0 Å². The van der Waals surface area contributed by atoms with Crippen molar-refractivity contribution < 1.29 is 9.53 Å². The third-order valence-corrected chi connectivity index (χ3v) is 4.03. The van der Waals surface area contributed by atoms with Crippen LogP contribution in [0.25, 0.3) is 0 Å². The molecule has 0 unspecified atom stereocenters. The van der Waals surface area contributed by atoms with Gasteiger partial charge >= 0.3 is 0 Å². The van der Waals surface area contributed by atoms with Gasteiger partial charge in [-0.05, 0) is 32.6 Å². The molecule has 4 nitrogen and oxygen atoms in total. The van der Waals surface area contributed by atoms with Crippen molar-refractivity contribution in [3.05, 3.63) is 0 Å². The van der Waals surface area contributed by atoms with Crippen LogP contribution in [-0.4, -0.2) is 42.6 Å². The molecule has 1 aliphatic carbocycles. The van der Waals surface area contributed by atoms with E-state index in [9.17, 15) is 4.79 Å². The number of ether oxygens (including phenoxy) is 1. The number of amides is 1. The molecule has 2 aliphatic rings. The van der Waals surface area contributed by atoms with Gasteiger partial charge in [-0.1, -0.05) is 6.92 Å². The van der Waals surface area contributed by atoms with Crippen LogP contribution in [0, 0.1) is 11.3 Å². The summed E-state index contributed by atoms with van der Waals surface area (Å²) in [6.07, 6.45) is 2.16. The first-order valence-electron chi connectivity index (χ1n) is 6.62. The Morgan fingerprint density at radius 2 is 1.82 bits per heavy atom. The van der Waals surface area contributed by atoms with Crippen LogP contribution in [0.1, 0.15) is 33.6 Å². The van der Waals surface area contributed by atoms with Gasteiger partial charge in [-0.15, -0.1) is 0 Å². The molecular weight excluding hydrogens is 216 g/mol. The van der Waals surface area contributed by atoms with Crippen LogP contribution in [0.15, 0.2) is 0 Å². The first-order chi connectivity index (χ1) is 7.97. The van der Waals surface area contributed by atoms with Crippen molar-refractivity contribution in [3.63, 3.8) is 0 Å². The van der Waals surface area contributed by atoms with E-state index in [2.05, 4.69) is 6.92 Å². The highest BCUT2D eigenvalue weighted by atomic mass is 16.5. The Hall–Kier alpha value is -0.610. The van der Waals surface area contributed by atoms with Crippen LogP contribution in [0.3, 0.4) is 0 Å². The number of morpholine rings is 1. The average Bonchev–Trinajstić information content (AvgIpc) is 2.22. The predicted octanol–water partition coefficient (Wildman–Crippen LogP) is 0.997. The fraction of sp³-hybridized carbons (Fsp3) is 0.923. The van der Waals surface area contributed by atoms with E-state index in [1.165, 1.54) is 0 Å². The van der Waals surface area contributed by atoms with Crippen LogP contribution in [0.5, 0.6) is 0 Å². The van der Waals surface area contributed by atoms with Crippen LogP contribution < -0.4 is 5.73 Å². The normalized spacial score (nSPS) is 42.1. The second-order valence-corrected chi connectivity index (χ2v) is 5.97. The summed E-state index contributed by atoms with van der Waals surface area (Å²) in [6, 6.07) is 0. The van der Waals surface area contributed by atoms with E-state index in [1.807, 2.05) is 18.7 Å². The van der Waals surface area contributed by atoms with E-state index < -0.39 is 0 Å². The predicted molar refractivity (Wildman–Crippen MR) is 66.5 cm³/mol. The highest BCUT2D eigenvalue weighted by Gasteiger charge is 2.49. The second-order valence-electron chi connectivity index (χ2n) is 5.97. The van der Waals surface area contributed by atoms with E-state index in [4.69, 9.17) is 10.5 Å². The first-order valence-corrected chi connectivity index (χ1v) is 6.62. The number of hydrogen-bond acceptors (Lipinski definition) is 3. The van der Waals surface area contributed by atoms with Gasteiger partial charge in [0.05, 0.1) is 17.6 Å². The summed E-state index contributed by atoms with van der Waals surface area (Å²) in [5, 5.41) is 0. The minimum Gasteiger partial charge on any atom is -0.372 e. The second kappa shape index (κ2) is 4.58. The largest absolute Gasteiger partial charge is 0.372 e. The van der Waals surface area contributed by atoms with E-state index in [0.29, 0.717) is 25.6 Å². The average molecular weight is 240 g/mol. The molecule has 17 heavy (non-hydrogen) atoms. The molecule has 1 amide bonds. The van der Waals surface area contributed by atoms with Crippen molar-refractivity contribution in [2.75, 3.05) is 19.6 Å². The molecule has 2 atom stereocenters. The number of carbonyl (C=O) groups excluding carboxylic acids is 1. The van der Waals surface area contributed by atoms with Crippen LogP contribution >= 0.6 is 0 Å². The fourth-order valence-electron chi connectivity index (χ4n) is 3.38. The number of hydrogen-bond donors (Lipinski definition) is 1. The van der Waals surface area contributed by atoms with Crippen LogP contribution in [0.2, 0.25) is 0 Å². The molecule has 1 heterocycles. The molecule has 0 bridgehead atoms. The standard InChI is InChI=1S/C13H24N2O2/c1-9-4-13(5-9,8-14)12(16)15-6-10(2)17-11(3)7-15/h9-11H,4-8,14H2,1-3H3/t9?,10-,11+,13?. The van der Waals surface area contributed by atoms with E-state index in [0.717, 1.165) is 12.8 Å². The number of carbonyl (C=O) groups is 1. The summed E-state index contributed by atoms with van der Waals surface area (Å²) in [5.41, 5.74) is 5.56. The maximum Gasteiger partial charge on any atom is 0.230 e. The molecule has 0 spiro atoms. The Kier molecular flexibility index (Phi) is 3.46. The summed E-state index contributed by atoms with van der Waals surface area (Å²) in [6.45, 7) is 8.13. The molecule has 0 radical (unpaired) electrons. The third kappa shape index (κ3) is 2.33. The topological polar surface area (TPSA) is 55.6 Å². The smallest absolute Gasteiger partial charge is 0.230 e. The molecule has 2 rings (SSSR count). The van der Waals surface area contributed by atoms with Gasteiger partial charge in [0, 0.05) is 19.6 Å². The Bertz CT molecular complexity index is 290. The lowest BCUT2D eigenvalue weighted by Crippen LogP contribution is -2.58. The van der Waals surface area contributed by atoms with E-state index >= 15 is 0 Å². The Labute approximate surface area is 103 Å². The molecule has 2 N–H and O–H groups in total. The molecule has 0 aromatic carbocycles. The molecule has 2 fully saturated rings. The van der Waals surface area contributed by atoms with Crippen molar-refractivity contribution >= 4 is 5.91 Å². The highest BCUT2D eigenvalue weighted by molar-refractivity contribution is 5.84. The van der Waals surface area contributed by atoms with Gasteiger partial charge in [0.25, 0.3) is 0 Å². The van der Waals surface area contributed by atoms with E-state index in [1.54, 1.807) is 0 Å². The lowest BCUT2D eigenvalue weighted by Gasteiger charge is -2.48. The highest BCUT2D eigenvalue weighted by Crippen LogP contribution is 2.46. The number of nitrogens with two attached hydrogens (primary N) is 1. The summed E-state index contributed by atoms with van der Waals surface area (Å²) >= 11 is 0. The molecule has 0 aromatic heterocycles. The monoisotopic (exact) mass is 240 g/mol. The Morgan fingerprint density at radius 3 is 2.24 bits per heavy atom. The zero-order valence-corrected chi connectivity index (χ0v) is 11.1. The van der Waals surface area contributed by atoms with Gasteiger partial charge in [0.2, 0.25) is 5.91 Å². The maximum absolute atomic E-state index is 12.6. The minimum atomic E-state index is -0.268. The fourth-order valence-corrected chi connectivity index (χ4v) is 3.38. The van der Waals surface area contributed by atoms with Gasteiger partial charge in [-0.25, -0.2) is 0 Å². The molecule has 4 heteroatoms. The molecule has 1 aliphatic heterocycles. The quantitative estimate of drug-likeness (QED) is 0.783. The number of nitrogens with zero attached hydrogens (tertiary/aromatic N) is 1. The van der Waals surface area contributed by atoms with Gasteiger partial charge in [0.15, 0.2) is 0 Å². The minimum absolute atomic E-state index is 0.134. The molecular formula is C13H24N2O2. The third-order valence-electron chi connectivity index (χ3n) is 4.03. The summed E-state index contributed by atoms with van der Waals surface area (Å²) in [7, 11) is 0. The van der Waals surface area contributed by atoms with E-state index in [-0.39, 0.29) is 23.5 Å². The van der Waals surface area contributed by atoms with Crippen molar-refractivity contribution in [1.82, 2.24) is 4.90 Å². The van der Waals surface area contributed by atoms with Crippen LogP contribution in [-0.2, 0) is 9.53 Å². The molecule has 98 valence electrons. The molecule has 0 aromatic rings. The van der Waals surface area contributed by atoms with Crippen molar-refractivity contribution in [2.24, 2.45) is 17.1 Å². The zero-order chi connectivity index (χ0) is 12.6. The lowest BCUT2D eigenvalue weighted by molar-refractivity contribution is -0.160. The summed E-state index contributed by atoms with van der Waals surface area (Å²) in [5.74, 6) is 0.887. The molecule has 1 saturated carbocycles.